The van der Waals surface area contributed by atoms with Crippen LogP contribution in [0.3, 0.4) is 0 Å². The minimum Gasteiger partial charge on any atom is -0.316 e. The standard InChI is InChI=1S/C7H10FN3/c8-7-6(4-10-11-7)5-1-2-9-3-5/h4-5,9H,1-3H2,(H,10,11). The zero-order valence-corrected chi connectivity index (χ0v) is 6.10. The Morgan fingerprint density at radius 3 is 3.09 bits per heavy atom. The Bertz CT molecular complexity index is 240. The van der Waals surface area contributed by atoms with Crippen molar-refractivity contribution < 1.29 is 4.39 Å². The van der Waals surface area contributed by atoms with Crippen LogP contribution in [-0.2, 0) is 0 Å². The number of hydrogen-bond donors (Lipinski definition) is 2. The zero-order chi connectivity index (χ0) is 7.68. The number of nitrogens with one attached hydrogen (secondary N) is 2. The fraction of sp³-hybridized carbons (Fsp3) is 0.571. The summed E-state index contributed by atoms with van der Waals surface area (Å²) in [5.41, 5.74) is 0.718. The quantitative estimate of drug-likeness (QED) is 0.624. The lowest BCUT2D eigenvalue weighted by Crippen LogP contribution is -2.08. The first kappa shape index (κ1) is 6.79. The maximum absolute atomic E-state index is 12.8. The van der Waals surface area contributed by atoms with Gasteiger partial charge in [-0.05, 0) is 13.0 Å². The summed E-state index contributed by atoms with van der Waals surface area (Å²) in [5, 5.41) is 9.14. The smallest absolute Gasteiger partial charge is 0.235 e. The van der Waals surface area contributed by atoms with Gasteiger partial charge in [-0.15, -0.1) is 5.10 Å². The molecule has 1 atom stereocenters. The van der Waals surface area contributed by atoms with Crippen LogP contribution in [0.4, 0.5) is 4.39 Å². The highest BCUT2D eigenvalue weighted by molar-refractivity contribution is 5.14. The molecule has 0 saturated carbocycles. The average Bonchev–Trinajstić information content (AvgIpc) is 2.55. The van der Waals surface area contributed by atoms with Crippen molar-refractivity contribution in [1.29, 1.82) is 0 Å². The molecule has 0 spiro atoms. The van der Waals surface area contributed by atoms with Gasteiger partial charge in [-0.3, -0.25) is 5.10 Å². The predicted octanol–water partition coefficient (Wildman–Crippen LogP) is 0.626. The molecule has 0 amide bonds. The number of aromatic amines is 1. The van der Waals surface area contributed by atoms with E-state index in [9.17, 15) is 4.39 Å². The Hall–Kier alpha value is -0.900. The fourth-order valence-corrected chi connectivity index (χ4v) is 1.49. The average molecular weight is 155 g/mol. The van der Waals surface area contributed by atoms with E-state index in [2.05, 4.69) is 15.5 Å². The van der Waals surface area contributed by atoms with Gasteiger partial charge in [-0.1, -0.05) is 0 Å². The molecule has 2 rings (SSSR count). The minimum absolute atomic E-state index is 0.314. The van der Waals surface area contributed by atoms with Gasteiger partial charge in [0.05, 0.1) is 0 Å². The third-order valence-corrected chi connectivity index (χ3v) is 2.12. The number of rotatable bonds is 1. The van der Waals surface area contributed by atoms with Gasteiger partial charge in [0.2, 0.25) is 5.95 Å². The molecular weight excluding hydrogens is 145 g/mol. The van der Waals surface area contributed by atoms with E-state index >= 15 is 0 Å². The van der Waals surface area contributed by atoms with Crippen molar-refractivity contribution in [1.82, 2.24) is 15.5 Å². The van der Waals surface area contributed by atoms with Gasteiger partial charge in [-0.2, -0.15) is 4.39 Å². The van der Waals surface area contributed by atoms with E-state index in [0.29, 0.717) is 5.92 Å². The van der Waals surface area contributed by atoms with Crippen molar-refractivity contribution in [3.8, 4) is 0 Å². The van der Waals surface area contributed by atoms with Crippen molar-refractivity contribution in [2.24, 2.45) is 0 Å². The Kier molecular flexibility index (Phi) is 1.62. The van der Waals surface area contributed by atoms with Gasteiger partial charge in [0.15, 0.2) is 0 Å². The van der Waals surface area contributed by atoms with Crippen LogP contribution in [0.25, 0.3) is 0 Å². The Morgan fingerprint density at radius 2 is 2.55 bits per heavy atom. The molecule has 0 bridgehead atoms. The maximum Gasteiger partial charge on any atom is 0.235 e. The molecule has 2 heterocycles. The highest BCUT2D eigenvalue weighted by Gasteiger charge is 2.20. The third kappa shape index (κ3) is 1.14. The van der Waals surface area contributed by atoms with Gasteiger partial charge in [0.25, 0.3) is 0 Å². The second kappa shape index (κ2) is 2.62. The first-order valence-electron chi connectivity index (χ1n) is 3.78. The van der Waals surface area contributed by atoms with Crippen molar-refractivity contribution in [2.75, 3.05) is 13.1 Å². The monoisotopic (exact) mass is 155 g/mol. The Morgan fingerprint density at radius 1 is 1.64 bits per heavy atom. The van der Waals surface area contributed by atoms with Gasteiger partial charge < -0.3 is 5.32 Å². The SMILES string of the molecule is Fc1n[nH]cc1C1CCNC1. The molecule has 1 aromatic rings. The number of H-pyrrole nitrogens is 1. The molecule has 0 aliphatic carbocycles. The summed E-state index contributed by atoms with van der Waals surface area (Å²) in [6.45, 7) is 1.85. The molecule has 0 aromatic carbocycles. The normalized spacial score (nSPS) is 24.3. The van der Waals surface area contributed by atoms with Crippen LogP contribution in [0, 0.1) is 5.95 Å². The third-order valence-electron chi connectivity index (χ3n) is 2.12. The fourth-order valence-electron chi connectivity index (χ4n) is 1.49. The highest BCUT2D eigenvalue weighted by Crippen LogP contribution is 2.22. The molecule has 1 aliphatic heterocycles. The number of halogens is 1. The van der Waals surface area contributed by atoms with Crippen molar-refractivity contribution >= 4 is 0 Å². The second-order valence-corrected chi connectivity index (χ2v) is 2.82. The van der Waals surface area contributed by atoms with Crippen LogP contribution in [0.15, 0.2) is 6.20 Å². The first-order valence-corrected chi connectivity index (χ1v) is 3.78. The molecule has 1 aliphatic rings. The lowest BCUT2D eigenvalue weighted by molar-refractivity contribution is 0.552. The second-order valence-electron chi connectivity index (χ2n) is 2.82. The summed E-state index contributed by atoms with van der Waals surface area (Å²) in [7, 11) is 0. The summed E-state index contributed by atoms with van der Waals surface area (Å²) in [6, 6.07) is 0. The van der Waals surface area contributed by atoms with E-state index in [1.807, 2.05) is 0 Å². The van der Waals surface area contributed by atoms with E-state index in [-0.39, 0.29) is 5.95 Å². The molecule has 2 N–H and O–H groups in total. The van der Waals surface area contributed by atoms with Crippen LogP contribution in [0.1, 0.15) is 17.9 Å². The van der Waals surface area contributed by atoms with Crippen molar-refractivity contribution in [2.45, 2.75) is 12.3 Å². The molecule has 1 saturated heterocycles. The largest absolute Gasteiger partial charge is 0.316 e. The molecular formula is C7H10FN3. The van der Waals surface area contributed by atoms with Gasteiger partial charge in [0.1, 0.15) is 0 Å². The number of aromatic nitrogens is 2. The maximum atomic E-state index is 12.8. The topological polar surface area (TPSA) is 40.7 Å². The highest BCUT2D eigenvalue weighted by atomic mass is 19.1. The van der Waals surface area contributed by atoms with Crippen LogP contribution in [0.5, 0.6) is 0 Å². The summed E-state index contributed by atoms with van der Waals surface area (Å²) in [5.74, 6) is -0.0348. The summed E-state index contributed by atoms with van der Waals surface area (Å²) < 4.78 is 12.8. The summed E-state index contributed by atoms with van der Waals surface area (Å²) >= 11 is 0. The first-order chi connectivity index (χ1) is 5.38. The van der Waals surface area contributed by atoms with E-state index in [4.69, 9.17) is 0 Å². The minimum atomic E-state index is -0.348. The van der Waals surface area contributed by atoms with Crippen LogP contribution >= 0.6 is 0 Å². The molecule has 11 heavy (non-hydrogen) atoms. The number of nitrogens with zero attached hydrogens (tertiary/aromatic N) is 1. The summed E-state index contributed by atoms with van der Waals surface area (Å²) in [6.07, 6.45) is 2.66. The molecule has 0 radical (unpaired) electrons. The Balaban J connectivity index is 2.21. The molecule has 1 unspecified atom stereocenters. The zero-order valence-electron chi connectivity index (χ0n) is 6.10. The summed E-state index contributed by atoms with van der Waals surface area (Å²) in [4.78, 5) is 0. The van der Waals surface area contributed by atoms with E-state index in [1.54, 1.807) is 6.20 Å². The Labute approximate surface area is 64.0 Å². The predicted molar refractivity (Wildman–Crippen MR) is 38.8 cm³/mol. The molecule has 3 nitrogen and oxygen atoms in total. The van der Waals surface area contributed by atoms with E-state index in [0.717, 1.165) is 25.1 Å². The van der Waals surface area contributed by atoms with Crippen LogP contribution in [-0.4, -0.2) is 23.3 Å². The van der Waals surface area contributed by atoms with Crippen LogP contribution < -0.4 is 5.32 Å². The molecule has 1 fully saturated rings. The van der Waals surface area contributed by atoms with Crippen LogP contribution in [0.2, 0.25) is 0 Å². The van der Waals surface area contributed by atoms with Crippen molar-refractivity contribution in [3.63, 3.8) is 0 Å². The lowest BCUT2D eigenvalue weighted by Gasteiger charge is -2.02. The number of hydrogen-bond acceptors (Lipinski definition) is 2. The van der Waals surface area contributed by atoms with E-state index in [1.165, 1.54) is 0 Å². The van der Waals surface area contributed by atoms with Gasteiger partial charge in [0, 0.05) is 24.2 Å². The van der Waals surface area contributed by atoms with Crippen molar-refractivity contribution in [3.05, 3.63) is 17.7 Å². The molecule has 1 aromatic heterocycles. The lowest BCUT2D eigenvalue weighted by atomic mass is 10.0. The van der Waals surface area contributed by atoms with Gasteiger partial charge >= 0.3 is 0 Å². The molecule has 60 valence electrons. The van der Waals surface area contributed by atoms with Gasteiger partial charge in [-0.25, -0.2) is 0 Å². The van der Waals surface area contributed by atoms with E-state index < -0.39 is 0 Å². The molecule has 4 heteroatoms.